The second kappa shape index (κ2) is 7.63. The van der Waals surface area contributed by atoms with Crippen LogP contribution in [0.15, 0.2) is 18.2 Å². The number of nitrogens with one attached hydrogen (secondary N) is 1. The molecule has 0 spiro atoms. The van der Waals surface area contributed by atoms with Crippen molar-refractivity contribution >= 4 is 50.0 Å². The van der Waals surface area contributed by atoms with E-state index in [1.165, 1.54) is 11.3 Å². The number of hydrogen-bond acceptors (Lipinski definition) is 6. The van der Waals surface area contributed by atoms with Gasteiger partial charge < -0.3 is 16.2 Å². The number of amides is 1. The number of anilines is 2. The number of thioether (sulfide) groups is 1. The lowest BCUT2D eigenvalue weighted by Crippen LogP contribution is -2.12. The Morgan fingerprint density at radius 3 is 3.14 bits per heavy atom. The molecule has 1 amide bonds. The monoisotopic (exact) mass is 325 g/mol. The van der Waals surface area contributed by atoms with Crippen LogP contribution in [-0.2, 0) is 4.79 Å². The Morgan fingerprint density at radius 1 is 1.57 bits per heavy atom. The second-order valence-electron chi connectivity index (χ2n) is 4.91. The fourth-order valence-electron chi connectivity index (χ4n) is 1.68. The van der Waals surface area contributed by atoms with E-state index in [9.17, 15) is 4.79 Å². The third-order valence-corrected chi connectivity index (χ3v) is 5.08. The predicted molar refractivity (Wildman–Crippen MR) is 90.9 cm³/mol. The quantitative estimate of drug-likeness (QED) is 0.538. The number of fused-ring (bicyclic) bond motifs is 1. The van der Waals surface area contributed by atoms with Crippen LogP contribution in [0.2, 0.25) is 0 Å². The molecule has 114 valence electrons. The third-order valence-electron chi connectivity index (χ3n) is 2.85. The van der Waals surface area contributed by atoms with E-state index in [0.717, 1.165) is 21.7 Å². The predicted octanol–water partition coefficient (Wildman–Crippen LogP) is 2.57. The highest BCUT2D eigenvalue weighted by Crippen LogP contribution is 2.27. The van der Waals surface area contributed by atoms with E-state index in [-0.39, 0.29) is 18.4 Å². The summed E-state index contributed by atoms with van der Waals surface area (Å²) in [5.74, 6) is 1.84. The summed E-state index contributed by atoms with van der Waals surface area (Å²) in [4.78, 5) is 16.2. The smallest absolute Gasteiger partial charge is 0.226 e. The Kier molecular flexibility index (Phi) is 5.84. The van der Waals surface area contributed by atoms with Crippen molar-refractivity contribution in [1.82, 2.24) is 4.98 Å². The summed E-state index contributed by atoms with van der Waals surface area (Å²) in [5, 5.41) is 12.3. The van der Waals surface area contributed by atoms with Gasteiger partial charge in [-0.15, -0.1) is 0 Å². The van der Waals surface area contributed by atoms with E-state index >= 15 is 0 Å². The molecule has 0 aliphatic heterocycles. The number of aliphatic hydroxyl groups is 1. The van der Waals surface area contributed by atoms with Crippen molar-refractivity contribution in [2.75, 3.05) is 29.2 Å². The first-order valence-electron chi connectivity index (χ1n) is 6.73. The first-order valence-corrected chi connectivity index (χ1v) is 8.70. The van der Waals surface area contributed by atoms with Gasteiger partial charge in [-0.1, -0.05) is 18.3 Å². The zero-order chi connectivity index (χ0) is 15.2. The van der Waals surface area contributed by atoms with Crippen LogP contribution >= 0.6 is 23.1 Å². The minimum absolute atomic E-state index is 0.0359. The third kappa shape index (κ3) is 4.87. The molecule has 1 aromatic heterocycles. The Morgan fingerprint density at radius 2 is 2.38 bits per heavy atom. The zero-order valence-corrected chi connectivity index (χ0v) is 13.5. The molecule has 0 bridgehead atoms. The molecule has 1 heterocycles. The molecule has 5 nitrogen and oxygen atoms in total. The summed E-state index contributed by atoms with van der Waals surface area (Å²) in [6.45, 7) is 2.17. The van der Waals surface area contributed by atoms with E-state index in [0.29, 0.717) is 17.2 Å². The average molecular weight is 325 g/mol. The highest BCUT2D eigenvalue weighted by Gasteiger charge is 2.08. The number of nitrogens with two attached hydrogens (primary N) is 1. The minimum atomic E-state index is -0.0359. The van der Waals surface area contributed by atoms with E-state index in [2.05, 4.69) is 10.3 Å². The van der Waals surface area contributed by atoms with E-state index in [4.69, 9.17) is 10.8 Å². The van der Waals surface area contributed by atoms with Gasteiger partial charge in [0.25, 0.3) is 0 Å². The number of rotatable bonds is 7. The molecule has 2 rings (SSSR count). The zero-order valence-electron chi connectivity index (χ0n) is 11.8. The largest absolute Gasteiger partial charge is 0.399 e. The van der Waals surface area contributed by atoms with Crippen molar-refractivity contribution in [2.45, 2.75) is 13.3 Å². The molecule has 1 aromatic carbocycles. The minimum Gasteiger partial charge on any atom is -0.399 e. The van der Waals surface area contributed by atoms with E-state index in [1.54, 1.807) is 17.8 Å². The van der Waals surface area contributed by atoms with Crippen molar-refractivity contribution in [3.8, 4) is 0 Å². The number of nitrogens with zero attached hydrogens (tertiary/aromatic N) is 1. The average Bonchev–Trinajstić information content (AvgIpc) is 2.84. The maximum atomic E-state index is 11.8. The molecule has 0 aliphatic carbocycles. The molecule has 0 aliphatic rings. The molecule has 1 unspecified atom stereocenters. The molecule has 21 heavy (non-hydrogen) atoms. The maximum Gasteiger partial charge on any atom is 0.226 e. The molecule has 4 N–H and O–H groups in total. The normalized spacial score (nSPS) is 12.5. The van der Waals surface area contributed by atoms with Crippen molar-refractivity contribution in [2.24, 2.45) is 5.92 Å². The second-order valence-corrected chi connectivity index (χ2v) is 7.09. The van der Waals surface area contributed by atoms with Crippen molar-refractivity contribution in [1.29, 1.82) is 0 Å². The number of aromatic nitrogens is 1. The Bertz CT molecular complexity index is 615. The van der Waals surface area contributed by atoms with Crippen LogP contribution in [0.25, 0.3) is 10.2 Å². The number of aliphatic hydroxyl groups excluding tert-OH is 1. The number of carbonyl (C=O) groups is 1. The summed E-state index contributed by atoms with van der Waals surface area (Å²) in [6, 6.07) is 5.50. The molecular formula is C14H19N3O2S2. The van der Waals surface area contributed by atoms with Crippen LogP contribution in [0.1, 0.15) is 13.3 Å². The molecule has 7 heteroatoms. The first-order chi connectivity index (χ1) is 10.1. The van der Waals surface area contributed by atoms with Crippen LogP contribution in [0.3, 0.4) is 0 Å². The molecule has 0 saturated carbocycles. The number of hydrogen-bond donors (Lipinski definition) is 3. The highest BCUT2D eigenvalue weighted by atomic mass is 32.2. The van der Waals surface area contributed by atoms with Gasteiger partial charge in [-0.25, -0.2) is 4.98 Å². The number of benzene rings is 1. The van der Waals surface area contributed by atoms with Crippen molar-refractivity contribution in [3.05, 3.63) is 18.2 Å². The first kappa shape index (κ1) is 16.1. The van der Waals surface area contributed by atoms with E-state index < -0.39 is 0 Å². The number of nitrogen functional groups attached to an aromatic ring is 1. The lowest BCUT2D eigenvalue weighted by atomic mass is 10.2. The summed E-state index contributed by atoms with van der Waals surface area (Å²) in [5.41, 5.74) is 7.26. The molecule has 0 fully saturated rings. The fraction of sp³-hybridized carbons (Fsp3) is 0.429. The number of carbonyl (C=O) groups excluding carboxylic acids is 1. The standard InChI is InChI=1S/C14H19N3O2S2/c1-9(7-18)8-20-5-4-13(19)17-14-16-11-3-2-10(15)6-12(11)21-14/h2-3,6,9,18H,4-5,7-8,15H2,1H3,(H,16,17,19). The van der Waals surface area contributed by atoms with Gasteiger partial charge in [0.15, 0.2) is 5.13 Å². The van der Waals surface area contributed by atoms with Gasteiger partial charge >= 0.3 is 0 Å². The van der Waals surface area contributed by atoms with Crippen molar-refractivity contribution in [3.63, 3.8) is 0 Å². The molecule has 1 atom stereocenters. The topological polar surface area (TPSA) is 88.2 Å². The van der Waals surface area contributed by atoms with Gasteiger partial charge in [0.05, 0.1) is 10.2 Å². The Labute approximate surface area is 131 Å². The lowest BCUT2D eigenvalue weighted by molar-refractivity contribution is -0.115. The van der Waals surface area contributed by atoms with Gasteiger partial charge in [0.1, 0.15) is 0 Å². The van der Waals surface area contributed by atoms with Crippen molar-refractivity contribution < 1.29 is 9.90 Å². The van der Waals surface area contributed by atoms with E-state index in [1.807, 2.05) is 19.1 Å². The number of thiazole rings is 1. The molecule has 2 aromatic rings. The molecular weight excluding hydrogens is 306 g/mol. The van der Waals surface area contributed by atoms with Crippen LogP contribution < -0.4 is 11.1 Å². The van der Waals surface area contributed by atoms with Crippen LogP contribution in [0, 0.1) is 5.92 Å². The van der Waals surface area contributed by atoms with Gasteiger partial charge in [-0.3, -0.25) is 4.79 Å². The van der Waals surface area contributed by atoms with Crippen LogP contribution in [0.4, 0.5) is 10.8 Å². The summed E-state index contributed by atoms with van der Waals surface area (Å²) in [6.07, 6.45) is 0.445. The van der Waals surface area contributed by atoms with Gasteiger partial charge in [-0.05, 0) is 29.9 Å². The van der Waals surface area contributed by atoms with Crippen LogP contribution in [-0.4, -0.2) is 34.1 Å². The Hall–Kier alpha value is -1.31. The SMILES string of the molecule is CC(CO)CSCCC(=O)Nc1nc2ccc(N)cc2s1. The van der Waals surface area contributed by atoms with Gasteiger partial charge in [0, 0.05) is 24.5 Å². The summed E-state index contributed by atoms with van der Waals surface area (Å²) in [7, 11) is 0. The summed E-state index contributed by atoms with van der Waals surface area (Å²) >= 11 is 3.10. The van der Waals surface area contributed by atoms with Crippen LogP contribution in [0.5, 0.6) is 0 Å². The summed E-state index contributed by atoms with van der Waals surface area (Å²) < 4.78 is 0.969. The fourth-order valence-corrected chi connectivity index (χ4v) is 3.61. The lowest BCUT2D eigenvalue weighted by Gasteiger charge is -2.06. The van der Waals surface area contributed by atoms with Gasteiger partial charge in [0.2, 0.25) is 5.91 Å². The maximum absolute atomic E-state index is 11.8. The highest BCUT2D eigenvalue weighted by molar-refractivity contribution is 7.99. The Balaban J connectivity index is 1.81. The molecule has 0 saturated heterocycles. The molecule has 0 radical (unpaired) electrons. The van der Waals surface area contributed by atoms with Gasteiger partial charge in [-0.2, -0.15) is 11.8 Å².